The lowest BCUT2D eigenvalue weighted by atomic mass is 10.1. The second-order valence-electron chi connectivity index (χ2n) is 5.41. The molecule has 4 nitrogen and oxygen atoms in total. The van der Waals surface area contributed by atoms with Gasteiger partial charge < -0.3 is 10.1 Å². The second-order valence-corrected chi connectivity index (χ2v) is 7.26. The van der Waals surface area contributed by atoms with E-state index in [1.165, 1.54) is 11.8 Å². The zero-order valence-electron chi connectivity index (χ0n) is 13.9. The van der Waals surface area contributed by atoms with Crippen LogP contribution in [0.4, 0.5) is 0 Å². The third-order valence-corrected chi connectivity index (χ3v) is 4.72. The molecule has 2 aromatic rings. The second kappa shape index (κ2) is 10.1. The number of carbonyl (C=O) groups is 2. The number of benzene rings is 2. The number of amides is 1. The number of nitrogens with one attached hydrogen (secondary N) is 1. The smallest absolute Gasteiger partial charge is 0.319 e. The van der Waals surface area contributed by atoms with Crippen LogP contribution in [0.2, 0.25) is 5.02 Å². The lowest BCUT2D eigenvalue weighted by molar-refractivity contribution is -0.147. The Balaban J connectivity index is 1.65. The van der Waals surface area contributed by atoms with E-state index in [0.717, 1.165) is 10.5 Å². The summed E-state index contributed by atoms with van der Waals surface area (Å²) in [6.07, 6.45) is 0.692. The lowest BCUT2D eigenvalue weighted by Crippen LogP contribution is -2.31. The van der Waals surface area contributed by atoms with Crippen molar-refractivity contribution in [3.8, 4) is 0 Å². The molecule has 2 aromatic carbocycles. The first kappa shape index (κ1) is 19.3. The van der Waals surface area contributed by atoms with Crippen molar-refractivity contribution in [2.75, 3.05) is 13.2 Å². The summed E-state index contributed by atoms with van der Waals surface area (Å²) in [5, 5.41) is 3.05. The highest BCUT2D eigenvalue weighted by Gasteiger charge is 2.17. The van der Waals surface area contributed by atoms with Gasteiger partial charge in [0.2, 0.25) is 0 Å². The molecular weight excluding hydrogens is 358 g/mol. The number of halogens is 1. The van der Waals surface area contributed by atoms with Gasteiger partial charge in [0.05, 0.1) is 0 Å². The van der Waals surface area contributed by atoms with Gasteiger partial charge in [-0.2, -0.15) is 0 Å². The van der Waals surface area contributed by atoms with Crippen LogP contribution in [0.3, 0.4) is 0 Å². The summed E-state index contributed by atoms with van der Waals surface area (Å²) in [6.45, 7) is 1.98. The molecule has 0 unspecified atom stereocenters. The predicted octanol–water partition coefficient (Wildman–Crippen LogP) is 3.72. The molecule has 0 aliphatic carbocycles. The molecule has 132 valence electrons. The number of hydrogen-bond acceptors (Lipinski definition) is 4. The maximum absolute atomic E-state index is 11.9. The largest absolute Gasteiger partial charge is 0.455 e. The Kier molecular flexibility index (Phi) is 7.82. The standard InChI is InChI=1S/C19H20ClNO3S/c1-14(25-17-5-3-2-4-6-17)19(23)24-13-18(22)21-12-11-15-7-9-16(20)10-8-15/h2-10,14H,11-13H2,1H3,(H,21,22)/t14-/m1/s1. The van der Waals surface area contributed by atoms with Crippen LogP contribution in [0.5, 0.6) is 0 Å². The molecule has 6 heteroatoms. The maximum Gasteiger partial charge on any atom is 0.319 e. The number of esters is 1. The Morgan fingerprint density at radius 3 is 2.48 bits per heavy atom. The van der Waals surface area contributed by atoms with Gasteiger partial charge in [0, 0.05) is 16.5 Å². The Bertz CT molecular complexity index is 692. The van der Waals surface area contributed by atoms with E-state index in [4.69, 9.17) is 16.3 Å². The fourth-order valence-electron chi connectivity index (χ4n) is 2.05. The average Bonchev–Trinajstić information content (AvgIpc) is 2.62. The molecule has 0 bridgehead atoms. The normalized spacial score (nSPS) is 11.6. The third-order valence-electron chi connectivity index (χ3n) is 3.38. The summed E-state index contributed by atoms with van der Waals surface area (Å²) in [5.74, 6) is -0.707. The van der Waals surface area contributed by atoms with E-state index < -0.39 is 5.97 Å². The van der Waals surface area contributed by atoms with Gasteiger partial charge in [0.15, 0.2) is 6.61 Å². The molecule has 25 heavy (non-hydrogen) atoms. The zero-order valence-corrected chi connectivity index (χ0v) is 15.5. The van der Waals surface area contributed by atoms with Gasteiger partial charge in [-0.15, -0.1) is 11.8 Å². The zero-order chi connectivity index (χ0) is 18.1. The first-order valence-electron chi connectivity index (χ1n) is 7.94. The molecule has 1 amide bonds. The maximum atomic E-state index is 11.9. The van der Waals surface area contributed by atoms with Gasteiger partial charge in [-0.1, -0.05) is 41.9 Å². The van der Waals surface area contributed by atoms with Gasteiger partial charge >= 0.3 is 5.97 Å². The van der Waals surface area contributed by atoms with Crippen LogP contribution in [0, 0.1) is 0 Å². The molecule has 0 fully saturated rings. The molecular formula is C19H20ClNO3S. The summed E-state index contributed by atoms with van der Waals surface area (Å²) in [7, 11) is 0. The van der Waals surface area contributed by atoms with Crippen molar-refractivity contribution in [1.29, 1.82) is 0 Å². The summed E-state index contributed by atoms with van der Waals surface area (Å²) in [4.78, 5) is 24.7. The number of thioether (sulfide) groups is 1. The minimum atomic E-state index is -0.401. The average molecular weight is 378 g/mol. The molecule has 0 aliphatic rings. The van der Waals surface area contributed by atoms with Crippen molar-refractivity contribution in [3.05, 3.63) is 65.2 Å². The number of rotatable bonds is 8. The van der Waals surface area contributed by atoms with Crippen LogP contribution >= 0.6 is 23.4 Å². The SMILES string of the molecule is C[C@@H](Sc1ccccc1)C(=O)OCC(=O)NCCc1ccc(Cl)cc1. The van der Waals surface area contributed by atoms with Crippen LogP contribution < -0.4 is 5.32 Å². The van der Waals surface area contributed by atoms with Crippen LogP contribution in [0.15, 0.2) is 59.5 Å². The van der Waals surface area contributed by atoms with E-state index in [0.29, 0.717) is 18.0 Å². The van der Waals surface area contributed by atoms with Gasteiger partial charge in [-0.25, -0.2) is 0 Å². The highest BCUT2D eigenvalue weighted by molar-refractivity contribution is 8.00. The molecule has 0 radical (unpaired) electrons. The first-order valence-corrected chi connectivity index (χ1v) is 9.20. The highest BCUT2D eigenvalue weighted by Crippen LogP contribution is 2.23. The summed E-state index contributed by atoms with van der Waals surface area (Å²) in [6, 6.07) is 17.0. The van der Waals surface area contributed by atoms with Gasteiger partial charge in [0.25, 0.3) is 5.91 Å². The molecule has 0 aliphatic heterocycles. The molecule has 0 heterocycles. The highest BCUT2D eigenvalue weighted by atomic mass is 35.5. The summed E-state index contributed by atoms with van der Waals surface area (Å²) >= 11 is 7.23. The van der Waals surface area contributed by atoms with E-state index in [1.54, 1.807) is 6.92 Å². The third kappa shape index (κ3) is 7.20. The fourth-order valence-corrected chi connectivity index (χ4v) is 3.07. The van der Waals surface area contributed by atoms with Gasteiger partial charge in [-0.3, -0.25) is 9.59 Å². The number of ether oxygens (including phenoxy) is 1. The van der Waals surface area contributed by atoms with E-state index >= 15 is 0 Å². The van der Waals surface area contributed by atoms with Gasteiger partial charge in [0.1, 0.15) is 5.25 Å². The van der Waals surface area contributed by atoms with Gasteiger partial charge in [-0.05, 0) is 43.2 Å². The van der Waals surface area contributed by atoms with E-state index in [2.05, 4.69) is 5.32 Å². The van der Waals surface area contributed by atoms with E-state index in [-0.39, 0.29) is 17.8 Å². The minimum absolute atomic E-state index is 0.265. The minimum Gasteiger partial charge on any atom is -0.455 e. The van der Waals surface area contributed by atoms with E-state index in [1.807, 2.05) is 54.6 Å². The van der Waals surface area contributed by atoms with Crippen LogP contribution in [-0.2, 0) is 20.7 Å². The Morgan fingerprint density at radius 2 is 1.80 bits per heavy atom. The monoisotopic (exact) mass is 377 g/mol. The summed E-state index contributed by atoms with van der Waals surface area (Å²) in [5.41, 5.74) is 1.08. The lowest BCUT2D eigenvalue weighted by Gasteiger charge is -2.11. The van der Waals surface area contributed by atoms with Crippen molar-refractivity contribution in [3.63, 3.8) is 0 Å². The summed E-state index contributed by atoms with van der Waals surface area (Å²) < 4.78 is 5.07. The van der Waals surface area contributed by atoms with Crippen LogP contribution in [-0.4, -0.2) is 30.3 Å². The Labute approximate surface area is 156 Å². The topological polar surface area (TPSA) is 55.4 Å². The molecule has 2 rings (SSSR count). The van der Waals surface area contributed by atoms with Crippen LogP contribution in [0.25, 0.3) is 0 Å². The van der Waals surface area contributed by atoms with E-state index in [9.17, 15) is 9.59 Å². The molecule has 0 spiro atoms. The van der Waals surface area contributed by atoms with Crippen LogP contribution in [0.1, 0.15) is 12.5 Å². The van der Waals surface area contributed by atoms with Crippen molar-refractivity contribution in [2.24, 2.45) is 0 Å². The Hall–Kier alpha value is -1.98. The van der Waals surface area contributed by atoms with Crippen molar-refractivity contribution in [2.45, 2.75) is 23.5 Å². The molecule has 1 atom stereocenters. The molecule has 1 N–H and O–H groups in total. The Morgan fingerprint density at radius 1 is 1.12 bits per heavy atom. The molecule has 0 aromatic heterocycles. The number of carbonyl (C=O) groups excluding carboxylic acids is 2. The van der Waals surface area contributed by atoms with Crippen molar-refractivity contribution >= 4 is 35.2 Å². The quantitative estimate of drug-likeness (QED) is 0.562. The van der Waals surface area contributed by atoms with Crippen molar-refractivity contribution < 1.29 is 14.3 Å². The number of hydrogen-bond donors (Lipinski definition) is 1. The first-order chi connectivity index (χ1) is 12.0. The predicted molar refractivity (Wildman–Crippen MR) is 101 cm³/mol. The van der Waals surface area contributed by atoms with Crippen molar-refractivity contribution in [1.82, 2.24) is 5.32 Å². The molecule has 0 saturated heterocycles. The fraction of sp³-hybridized carbons (Fsp3) is 0.263. The molecule has 0 saturated carbocycles.